The van der Waals surface area contributed by atoms with Gasteiger partial charge in [0.15, 0.2) is 11.5 Å². The van der Waals surface area contributed by atoms with Crippen LogP contribution in [-0.4, -0.2) is 38.6 Å². The lowest BCUT2D eigenvalue weighted by Gasteiger charge is -2.32. The van der Waals surface area contributed by atoms with E-state index in [2.05, 4.69) is 0 Å². The topological polar surface area (TPSA) is 46.2 Å². The van der Waals surface area contributed by atoms with Gasteiger partial charge in [0, 0.05) is 5.46 Å². The van der Waals surface area contributed by atoms with Gasteiger partial charge in [-0.15, -0.1) is 0 Å². The van der Waals surface area contributed by atoms with Gasteiger partial charge >= 0.3 is 7.12 Å². The SMILES string of the molecule is COc1ccc(B2OC(C)(C)C(C)(C)O2)c(OC(C)C)c1OC. The molecule has 0 aromatic heterocycles. The highest BCUT2D eigenvalue weighted by Crippen LogP contribution is 2.41. The lowest BCUT2D eigenvalue weighted by atomic mass is 9.78. The average Bonchev–Trinajstić information content (AvgIpc) is 2.65. The molecule has 0 radical (unpaired) electrons. The van der Waals surface area contributed by atoms with Crippen LogP contribution in [0, 0.1) is 0 Å². The molecule has 0 aliphatic carbocycles. The van der Waals surface area contributed by atoms with Gasteiger partial charge < -0.3 is 23.5 Å². The predicted octanol–water partition coefficient (Wildman–Crippen LogP) is 2.79. The molecule has 2 rings (SSSR count). The molecular weight excluding hydrogens is 295 g/mol. The van der Waals surface area contributed by atoms with Gasteiger partial charge in [0.25, 0.3) is 0 Å². The van der Waals surface area contributed by atoms with Gasteiger partial charge in [-0.05, 0) is 47.6 Å². The molecule has 1 saturated heterocycles. The number of methoxy groups -OCH3 is 2. The van der Waals surface area contributed by atoms with Crippen LogP contribution in [0.15, 0.2) is 12.1 Å². The summed E-state index contributed by atoms with van der Waals surface area (Å²) >= 11 is 0. The van der Waals surface area contributed by atoms with E-state index in [-0.39, 0.29) is 6.10 Å². The van der Waals surface area contributed by atoms with E-state index in [1.807, 2.05) is 53.7 Å². The molecule has 1 aromatic carbocycles. The monoisotopic (exact) mass is 322 g/mol. The summed E-state index contributed by atoms with van der Waals surface area (Å²) in [5.41, 5.74) is -0.0325. The average molecular weight is 322 g/mol. The molecule has 0 saturated carbocycles. The zero-order valence-corrected chi connectivity index (χ0v) is 15.4. The zero-order valence-electron chi connectivity index (χ0n) is 15.4. The summed E-state index contributed by atoms with van der Waals surface area (Å²) < 4.78 is 29.2. The zero-order chi connectivity index (χ0) is 17.4. The summed E-state index contributed by atoms with van der Waals surface area (Å²) in [4.78, 5) is 0. The highest BCUT2D eigenvalue weighted by atomic mass is 16.7. The Hall–Kier alpha value is -1.40. The van der Waals surface area contributed by atoms with E-state index >= 15 is 0 Å². The van der Waals surface area contributed by atoms with Crippen LogP contribution in [0.2, 0.25) is 0 Å². The summed E-state index contributed by atoms with van der Waals surface area (Å²) in [6, 6.07) is 3.74. The third kappa shape index (κ3) is 3.28. The fourth-order valence-corrected chi connectivity index (χ4v) is 2.43. The fraction of sp³-hybridized carbons (Fsp3) is 0.647. The van der Waals surface area contributed by atoms with E-state index in [1.165, 1.54) is 0 Å². The number of hydrogen-bond donors (Lipinski definition) is 0. The number of benzene rings is 1. The Morgan fingerprint density at radius 2 is 1.48 bits per heavy atom. The van der Waals surface area contributed by atoms with Gasteiger partial charge in [-0.1, -0.05) is 6.07 Å². The van der Waals surface area contributed by atoms with E-state index in [1.54, 1.807) is 14.2 Å². The Balaban J connectivity index is 2.50. The van der Waals surface area contributed by atoms with Crippen molar-refractivity contribution in [2.45, 2.75) is 58.8 Å². The van der Waals surface area contributed by atoms with Crippen molar-refractivity contribution in [1.82, 2.24) is 0 Å². The molecule has 1 fully saturated rings. The highest BCUT2D eigenvalue weighted by molar-refractivity contribution is 6.63. The van der Waals surface area contributed by atoms with Crippen molar-refractivity contribution in [1.29, 1.82) is 0 Å². The van der Waals surface area contributed by atoms with Gasteiger partial charge in [-0.25, -0.2) is 0 Å². The van der Waals surface area contributed by atoms with Crippen molar-refractivity contribution >= 4 is 12.6 Å². The summed E-state index contributed by atoms with van der Waals surface area (Å²) in [6.45, 7) is 12.0. The van der Waals surface area contributed by atoms with Crippen molar-refractivity contribution in [3.05, 3.63) is 12.1 Å². The maximum Gasteiger partial charge on any atom is 0.498 e. The van der Waals surface area contributed by atoms with Gasteiger partial charge in [0.1, 0.15) is 0 Å². The predicted molar refractivity (Wildman–Crippen MR) is 91.0 cm³/mol. The summed E-state index contributed by atoms with van der Waals surface area (Å²) in [7, 11) is 2.68. The molecule has 1 aliphatic rings. The first-order valence-electron chi connectivity index (χ1n) is 7.90. The Morgan fingerprint density at radius 1 is 0.913 bits per heavy atom. The molecule has 23 heavy (non-hydrogen) atoms. The Bertz CT molecular complexity index is 552. The first-order chi connectivity index (χ1) is 10.6. The molecule has 0 atom stereocenters. The third-order valence-corrected chi connectivity index (χ3v) is 4.39. The van der Waals surface area contributed by atoms with Gasteiger partial charge in [0.05, 0.1) is 31.5 Å². The molecule has 6 heteroatoms. The van der Waals surface area contributed by atoms with E-state index in [4.69, 9.17) is 23.5 Å². The van der Waals surface area contributed by atoms with Gasteiger partial charge in [-0.3, -0.25) is 0 Å². The fourth-order valence-electron chi connectivity index (χ4n) is 2.43. The summed E-state index contributed by atoms with van der Waals surface area (Å²) in [5.74, 6) is 1.76. The van der Waals surface area contributed by atoms with Crippen LogP contribution in [0.1, 0.15) is 41.5 Å². The molecule has 0 unspecified atom stereocenters. The Labute approximate surface area is 139 Å². The van der Waals surface area contributed by atoms with Gasteiger partial charge in [-0.2, -0.15) is 0 Å². The first-order valence-corrected chi connectivity index (χ1v) is 7.90. The first kappa shape index (κ1) is 18.0. The second-order valence-corrected chi connectivity index (χ2v) is 6.97. The van der Waals surface area contributed by atoms with Crippen LogP contribution in [0.4, 0.5) is 0 Å². The number of rotatable bonds is 5. The Kier molecular flexibility index (Phi) is 4.88. The van der Waals surface area contributed by atoms with E-state index in [0.717, 1.165) is 5.46 Å². The van der Waals surface area contributed by atoms with Crippen LogP contribution >= 0.6 is 0 Å². The van der Waals surface area contributed by atoms with Crippen molar-refractivity contribution in [3.8, 4) is 17.2 Å². The second kappa shape index (κ2) is 6.25. The largest absolute Gasteiger partial charge is 0.498 e. The number of hydrogen-bond acceptors (Lipinski definition) is 5. The molecule has 1 heterocycles. The van der Waals surface area contributed by atoms with Crippen LogP contribution in [0.3, 0.4) is 0 Å². The van der Waals surface area contributed by atoms with Crippen LogP contribution in [-0.2, 0) is 9.31 Å². The third-order valence-electron chi connectivity index (χ3n) is 4.39. The molecule has 0 N–H and O–H groups in total. The number of ether oxygens (including phenoxy) is 3. The maximum absolute atomic E-state index is 6.15. The molecule has 0 amide bonds. The van der Waals surface area contributed by atoms with E-state index in [9.17, 15) is 0 Å². The van der Waals surface area contributed by atoms with Crippen molar-refractivity contribution in [2.24, 2.45) is 0 Å². The van der Waals surface area contributed by atoms with Gasteiger partial charge in [0.2, 0.25) is 5.75 Å². The van der Waals surface area contributed by atoms with E-state index in [0.29, 0.717) is 17.2 Å². The molecule has 0 bridgehead atoms. The lowest BCUT2D eigenvalue weighted by molar-refractivity contribution is 0.00578. The quantitative estimate of drug-likeness (QED) is 0.780. The maximum atomic E-state index is 6.15. The van der Waals surface area contributed by atoms with Crippen LogP contribution < -0.4 is 19.7 Å². The molecule has 128 valence electrons. The normalized spacial score (nSPS) is 19.1. The Morgan fingerprint density at radius 3 is 1.91 bits per heavy atom. The van der Waals surface area contributed by atoms with Crippen molar-refractivity contribution in [3.63, 3.8) is 0 Å². The van der Waals surface area contributed by atoms with Crippen LogP contribution in [0.25, 0.3) is 0 Å². The van der Waals surface area contributed by atoms with E-state index < -0.39 is 18.3 Å². The minimum absolute atomic E-state index is 0.0165. The van der Waals surface area contributed by atoms with Crippen LogP contribution in [0.5, 0.6) is 17.2 Å². The minimum atomic E-state index is -0.520. The standard InChI is InChI=1S/C17H27BO5/c1-11(2)21-14-12(9-10-13(19-7)15(14)20-8)18-22-16(3,4)17(5,6)23-18/h9-11H,1-8H3. The lowest BCUT2D eigenvalue weighted by Crippen LogP contribution is -2.41. The van der Waals surface area contributed by atoms with Crippen molar-refractivity contribution in [2.75, 3.05) is 14.2 Å². The molecular formula is C17H27BO5. The molecule has 1 aromatic rings. The summed E-state index contributed by atoms with van der Waals surface area (Å²) in [6.07, 6.45) is -0.0165. The molecule has 5 nitrogen and oxygen atoms in total. The minimum Gasteiger partial charge on any atom is -0.493 e. The molecule has 1 aliphatic heterocycles. The highest BCUT2D eigenvalue weighted by Gasteiger charge is 2.52. The summed E-state index contributed by atoms with van der Waals surface area (Å²) in [5, 5.41) is 0. The molecule has 0 spiro atoms. The van der Waals surface area contributed by atoms with Crippen molar-refractivity contribution < 1.29 is 23.5 Å². The smallest absolute Gasteiger partial charge is 0.493 e. The second-order valence-electron chi connectivity index (χ2n) is 6.97.